The van der Waals surface area contributed by atoms with Gasteiger partial charge in [0.25, 0.3) is 0 Å². The first kappa shape index (κ1) is 13.5. The number of hydrogen-bond donors (Lipinski definition) is 1. The van der Waals surface area contributed by atoms with Gasteiger partial charge in [0.05, 0.1) is 16.8 Å². The Morgan fingerprint density at radius 3 is 2.84 bits per heavy atom. The average molecular weight is 402 g/mol. The molecule has 1 atom stereocenters. The van der Waals surface area contributed by atoms with Crippen molar-refractivity contribution in [3.63, 3.8) is 0 Å². The van der Waals surface area contributed by atoms with Gasteiger partial charge in [-0.15, -0.1) is 0 Å². The van der Waals surface area contributed by atoms with Crippen LogP contribution in [0.25, 0.3) is 0 Å². The Balaban J connectivity index is 1.91. The van der Waals surface area contributed by atoms with Crippen molar-refractivity contribution in [1.82, 2.24) is 0 Å². The highest BCUT2D eigenvalue weighted by atomic mass is 79.9. The van der Waals surface area contributed by atoms with Gasteiger partial charge in [0, 0.05) is 8.95 Å². The van der Waals surface area contributed by atoms with Crippen LogP contribution in [0.15, 0.2) is 45.3 Å². The fraction of sp³-hybridized carbons (Fsp3) is 0.200. The van der Waals surface area contributed by atoms with Crippen molar-refractivity contribution in [2.75, 3.05) is 5.32 Å². The minimum atomic E-state index is 0.333. The molecule has 1 unspecified atom stereocenters. The van der Waals surface area contributed by atoms with Gasteiger partial charge in [0.15, 0.2) is 0 Å². The summed E-state index contributed by atoms with van der Waals surface area (Å²) >= 11 is 13.3. The van der Waals surface area contributed by atoms with Crippen molar-refractivity contribution in [2.45, 2.75) is 18.9 Å². The van der Waals surface area contributed by atoms with Gasteiger partial charge in [-0.2, -0.15) is 0 Å². The molecule has 0 saturated heterocycles. The molecule has 0 aliphatic heterocycles. The lowest BCUT2D eigenvalue weighted by molar-refractivity contribution is 0.762. The number of fused-ring (bicyclic) bond motifs is 1. The Labute approximate surface area is 134 Å². The first-order valence-corrected chi connectivity index (χ1v) is 8.10. The van der Waals surface area contributed by atoms with Crippen LogP contribution in [0.1, 0.15) is 23.6 Å². The minimum Gasteiger partial charge on any atom is -0.377 e. The predicted octanol–water partition coefficient (Wildman–Crippen LogP) is 5.96. The van der Waals surface area contributed by atoms with Crippen LogP contribution in [0.2, 0.25) is 5.02 Å². The molecular weight excluding hydrogens is 389 g/mol. The molecule has 19 heavy (non-hydrogen) atoms. The Hall–Kier alpha value is -0.510. The van der Waals surface area contributed by atoms with Crippen LogP contribution in [0.5, 0.6) is 0 Å². The van der Waals surface area contributed by atoms with Gasteiger partial charge in [0.1, 0.15) is 0 Å². The number of benzene rings is 2. The number of anilines is 1. The zero-order valence-electron chi connectivity index (χ0n) is 10.1. The molecule has 3 rings (SSSR count). The van der Waals surface area contributed by atoms with Crippen LogP contribution in [-0.2, 0) is 6.42 Å². The number of rotatable bonds is 2. The summed E-state index contributed by atoms with van der Waals surface area (Å²) in [5.41, 5.74) is 3.76. The molecule has 0 aromatic heterocycles. The van der Waals surface area contributed by atoms with E-state index >= 15 is 0 Å². The van der Waals surface area contributed by atoms with Gasteiger partial charge in [-0.3, -0.25) is 0 Å². The average Bonchev–Trinajstić information content (AvgIpc) is 2.79. The Morgan fingerprint density at radius 2 is 2.00 bits per heavy atom. The quantitative estimate of drug-likeness (QED) is 0.654. The van der Waals surface area contributed by atoms with Crippen LogP contribution in [0.3, 0.4) is 0 Å². The van der Waals surface area contributed by atoms with Gasteiger partial charge >= 0.3 is 0 Å². The van der Waals surface area contributed by atoms with E-state index in [0.29, 0.717) is 6.04 Å². The summed E-state index contributed by atoms with van der Waals surface area (Å²) < 4.78 is 2.24. The first-order chi connectivity index (χ1) is 9.15. The maximum atomic E-state index is 6.24. The SMILES string of the molecule is Clc1ccc(Br)cc1NC1CCc2c(Br)cccc21. The predicted molar refractivity (Wildman–Crippen MR) is 88.0 cm³/mol. The first-order valence-electron chi connectivity index (χ1n) is 6.14. The summed E-state index contributed by atoms with van der Waals surface area (Å²) in [6.45, 7) is 0. The normalized spacial score (nSPS) is 17.3. The summed E-state index contributed by atoms with van der Waals surface area (Å²) in [5, 5.41) is 4.31. The maximum Gasteiger partial charge on any atom is 0.0638 e. The minimum absolute atomic E-state index is 0.333. The molecule has 98 valence electrons. The van der Waals surface area contributed by atoms with Crippen molar-refractivity contribution in [2.24, 2.45) is 0 Å². The lowest BCUT2D eigenvalue weighted by Gasteiger charge is -2.17. The van der Waals surface area contributed by atoms with Crippen LogP contribution in [0.4, 0.5) is 5.69 Å². The molecule has 0 spiro atoms. The van der Waals surface area contributed by atoms with Crippen molar-refractivity contribution < 1.29 is 0 Å². The van der Waals surface area contributed by atoms with Gasteiger partial charge < -0.3 is 5.32 Å². The summed E-state index contributed by atoms with van der Waals surface area (Å²) in [5.74, 6) is 0. The highest BCUT2D eigenvalue weighted by molar-refractivity contribution is 9.10. The maximum absolute atomic E-state index is 6.24. The largest absolute Gasteiger partial charge is 0.377 e. The van der Waals surface area contributed by atoms with E-state index in [1.54, 1.807) is 0 Å². The Kier molecular flexibility index (Phi) is 3.88. The van der Waals surface area contributed by atoms with E-state index in [-0.39, 0.29) is 0 Å². The van der Waals surface area contributed by atoms with E-state index in [1.807, 2.05) is 18.2 Å². The van der Waals surface area contributed by atoms with Crippen LogP contribution < -0.4 is 5.32 Å². The lowest BCUT2D eigenvalue weighted by atomic mass is 10.1. The van der Waals surface area contributed by atoms with Crippen molar-refractivity contribution in [1.29, 1.82) is 0 Å². The topological polar surface area (TPSA) is 12.0 Å². The smallest absolute Gasteiger partial charge is 0.0638 e. The second-order valence-corrected chi connectivity index (χ2v) is 6.84. The summed E-state index contributed by atoms with van der Waals surface area (Å²) in [4.78, 5) is 0. The third kappa shape index (κ3) is 2.69. The highest BCUT2D eigenvalue weighted by Gasteiger charge is 2.24. The molecular formula is C15H12Br2ClN. The molecule has 1 aliphatic carbocycles. The van der Waals surface area contributed by atoms with Crippen LogP contribution in [-0.4, -0.2) is 0 Å². The van der Waals surface area contributed by atoms with E-state index in [0.717, 1.165) is 28.0 Å². The second-order valence-electron chi connectivity index (χ2n) is 4.67. The number of nitrogens with one attached hydrogen (secondary N) is 1. The molecule has 2 aromatic carbocycles. The van der Waals surface area contributed by atoms with Crippen molar-refractivity contribution in [3.05, 3.63) is 61.5 Å². The molecule has 1 nitrogen and oxygen atoms in total. The van der Waals surface area contributed by atoms with Gasteiger partial charge in [-0.25, -0.2) is 0 Å². The van der Waals surface area contributed by atoms with Gasteiger partial charge in [-0.05, 0) is 48.2 Å². The molecule has 0 bridgehead atoms. The number of hydrogen-bond acceptors (Lipinski definition) is 1. The van der Waals surface area contributed by atoms with E-state index in [1.165, 1.54) is 15.6 Å². The molecule has 2 aromatic rings. The van der Waals surface area contributed by atoms with Crippen molar-refractivity contribution in [3.8, 4) is 0 Å². The van der Waals surface area contributed by atoms with E-state index < -0.39 is 0 Å². The fourth-order valence-corrected chi connectivity index (χ4v) is 3.67. The third-order valence-corrected chi connectivity index (χ3v) is 5.04. The third-order valence-electron chi connectivity index (χ3n) is 3.47. The Morgan fingerprint density at radius 1 is 1.16 bits per heavy atom. The van der Waals surface area contributed by atoms with E-state index in [9.17, 15) is 0 Å². The van der Waals surface area contributed by atoms with Crippen molar-refractivity contribution >= 4 is 49.1 Å². The van der Waals surface area contributed by atoms with Gasteiger partial charge in [-0.1, -0.05) is 55.6 Å². The summed E-state index contributed by atoms with van der Waals surface area (Å²) in [6.07, 6.45) is 2.20. The number of halogens is 3. The monoisotopic (exact) mass is 399 g/mol. The fourth-order valence-electron chi connectivity index (χ4n) is 2.56. The molecule has 1 aliphatic rings. The zero-order chi connectivity index (χ0) is 13.4. The second kappa shape index (κ2) is 5.47. The standard InChI is InChI=1S/C15H12Br2ClN/c16-9-4-6-13(18)15(8-9)19-14-7-5-10-11(14)2-1-3-12(10)17/h1-4,6,8,14,19H,5,7H2. The molecule has 4 heteroatoms. The van der Waals surface area contributed by atoms with Gasteiger partial charge in [0.2, 0.25) is 0 Å². The molecule has 0 saturated carbocycles. The highest BCUT2D eigenvalue weighted by Crippen LogP contribution is 2.39. The van der Waals surface area contributed by atoms with Crippen LogP contribution in [0, 0.1) is 0 Å². The van der Waals surface area contributed by atoms with Crippen LogP contribution >= 0.6 is 43.5 Å². The summed E-state index contributed by atoms with van der Waals surface area (Å²) in [6, 6.07) is 12.6. The summed E-state index contributed by atoms with van der Waals surface area (Å²) in [7, 11) is 0. The molecule has 0 heterocycles. The van der Waals surface area contributed by atoms with E-state index in [2.05, 4.69) is 55.4 Å². The zero-order valence-corrected chi connectivity index (χ0v) is 14.0. The Bertz CT molecular complexity index is 628. The molecule has 0 amide bonds. The van der Waals surface area contributed by atoms with E-state index in [4.69, 9.17) is 11.6 Å². The molecule has 1 N–H and O–H groups in total. The lowest BCUT2D eigenvalue weighted by Crippen LogP contribution is -2.07. The molecule has 0 fully saturated rings. The molecule has 0 radical (unpaired) electrons.